The normalized spacial score (nSPS) is 23.1. The molecule has 1 rings (SSSR count). The minimum absolute atomic E-state index is 0.0194. The largest absolute Gasteiger partial charge is 0.409 e. The Morgan fingerprint density at radius 2 is 2.54 bits per heavy atom. The van der Waals surface area contributed by atoms with Crippen molar-refractivity contribution in [3.05, 3.63) is 0 Å². The van der Waals surface area contributed by atoms with E-state index >= 15 is 0 Å². The van der Waals surface area contributed by atoms with Gasteiger partial charge in [-0.2, -0.15) is 0 Å². The Morgan fingerprint density at radius 1 is 1.77 bits per heavy atom. The molecule has 0 radical (unpaired) electrons. The molecular formula is C7H13N3O2S. The lowest BCUT2D eigenvalue weighted by molar-refractivity contribution is -0.120. The zero-order valence-electron chi connectivity index (χ0n) is 7.19. The highest BCUT2D eigenvalue weighted by Gasteiger charge is 2.22. The van der Waals surface area contributed by atoms with Crippen molar-refractivity contribution in [2.45, 2.75) is 18.1 Å². The van der Waals surface area contributed by atoms with E-state index in [-0.39, 0.29) is 23.5 Å². The minimum Gasteiger partial charge on any atom is -0.409 e. The van der Waals surface area contributed by atoms with E-state index in [1.165, 1.54) is 0 Å². The average molecular weight is 203 g/mol. The number of rotatable bonds is 3. The molecule has 4 N–H and O–H groups in total. The molecule has 0 aromatic heterocycles. The zero-order valence-corrected chi connectivity index (χ0v) is 8.01. The molecule has 1 fully saturated rings. The Kier molecular flexibility index (Phi) is 3.88. The zero-order chi connectivity index (χ0) is 9.68. The average Bonchev–Trinajstić information content (AvgIpc) is 2.66. The van der Waals surface area contributed by atoms with E-state index in [4.69, 9.17) is 10.9 Å². The van der Waals surface area contributed by atoms with Crippen LogP contribution in [0.25, 0.3) is 0 Å². The minimum atomic E-state index is -0.0194. The fourth-order valence-electron chi connectivity index (χ4n) is 1.11. The molecule has 74 valence electrons. The molecule has 0 aromatic carbocycles. The number of amides is 1. The van der Waals surface area contributed by atoms with Gasteiger partial charge in [0.2, 0.25) is 5.91 Å². The third kappa shape index (κ3) is 3.14. The summed E-state index contributed by atoms with van der Waals surface area (Å²) in [6, 6.07) is 0. The smallest absolute Gasteiger partial charge is 0.233 e. The summed E-state index contributed by atoms with van der Waals surface area (Å²) in [6.07, 6.45) is 2.01. The molecule has 6 heteroatoms. The molecular weight excluding hydrogens is 190 g/mol. The molecule has 0 aliphatic carbocycles. The van der Waals surface area contributed by atoms with Crippen molar-refractivity contribution in [1.82, 2.24) is 5.32 Å². The maximum Gasteiger partial charge on any atom is 0.233 e. The third-order valence-corrected chi connectivity index (χ3v) is 3.17. The SMILES string of the molecule is NC(CNC(=O)C1CCCS1)=NO. The van der Waals surface area contributed by atoms with Crippen LogP contribution in [0.5, 0.6) is 0 Å². The first-order valence-electron chi connectivity index (χ1n) is 4.09. The van der Waals surface area contributed by atoms with Gasteiger partial charge in [0, 0.05) is 0 Å². The molecule has 1 heterocycles. The molecule has 0 bridgehead atoms. The van der Waals surface area contributed by atoms with E-state index in [9.17, 15) is 4.79 Å². The first-order chi connectivity index (χ1) is 6.24. The highest BCUT2D eigenvalue weighted by molar-refractivity contribution is 8.00. The monoisotopic (exact) mass is 203 g/mol. The predicted molar refractivity (Wildman–Crippen MR) is 51.9 cm³/mol. The topological polar surface area (TPSA) is 87.7 Å². The lowest BCUT2D eigenvalue weighted by Crippen LogP contribution is -2.37. The predicted octanol–water partition coefficient (Wildman–Crippen LogP) is -0.255. The molecule has 5 nitrogen and oxygen atoms in total. The van der Waals surface area contributed by atoms with Crippen LogP contribution in [0.15, 0.2) is 5.16 Å². The van der Waals surface area contributed by atoms with Crippen molar-refractivity contribution in [3.8, 4) is 0 Å². The standard InChI is InChI=1S/C7H13N3O2S/c8-6(10-12)4-9-7(11)5-2-1-3-13-5/h5,12H,1-4H2,(H2,8,10)(H,9,11). The van der Waals surface area contributed by atoms with Crippen LogP contribution in [0.3, 0.4) is 0 Å². The Hall–Kier alpha value is -0.910. The molecule has 1 saturated heterocycles. The Bertz CT molecular complexity index is 214. The van der Waals surface area contributed by atoms with Crippen LogP contribution in [-0.4, -0.2) is 34.5 Å². The lowest BCUT2D eigenvalue weighted by atomic mass is 10.2. The number of hydrogen-bond acceptors (Lipinski definition) is 4. The van der Waals surface area contributed by atoms with Crippen LogP contribution in [-0.2, 0) is 4.79 Å². The van der Waals surface area contributed by atoms with Crippen molar-refractivity contribution in [2.24, 2.45) is 10.9 Å². The number of carbonyl (C=O) groups is 1. The van der Waals surface area contributed by atoms with Gasteiger partial charge in [0.15, 0.2) is 5.84 Å². The first kappa shape index (κ1) is 10.2. The molecule has 1 unspecified atom stereocenters. The van der Waals surface area contributed by atoms with Crippen LogP contribution in [0.1, 0.15) is 12.8 Å². The van der Waals surface area contributed by atoms with Gasteiger partial charge in [-0.05, 0) is 18.6 Å². The fourth-order valence-corrected chi connectivity index (χ4v) is 2.30. The number of oxime groups is 1. The fraction of sp³-hybridized carbons (Fsp3) is 0.714. The van der Waals surface area contributed by atoms with Gasteiger partial charge in [0.1, 0.15) is 0 Å². The van der Waals surface area contributed by atoms with Crippen LogP contribution < -0.4 is 11.1 Å². The highest BCUT2D eigenvalue weighted by atomic mass is 32.2. The van der Waals surface area contributed by atoms with Gasteiger partial charge >= 0.3 is 0 Å². The summed E-state index contributed by atoms with van der Waals surface area (Å²) in [6.45, 7) is 0.117. The number of thioether (sulfide) groups is 1. The van der Waals surface area contributed by atoms with Crippen molar-refractivity contribution in [3.63, 3.8) is 0 Å². The van der Waals surface area contributed by atoms with Crippen molar-refractivity contribution in [1.29, 1.82) is 0 Å². The number of amidine groups is 1. The Balaban J connectivity index is 2.24. The molecule has 1 atom stereocenters. The van der Waals surface area contributed by atoms with Gasteiger partial charge in [-0.25, -0.2) is 0 Å². The van der Waals surface area contributed by atoms with E-state index < -0.39 is 0 Å². The van der Waals surface area contributed by atoms with Crippen LogP contribution in [0, 0.1) is 0 Å². The van der Waals surface area contributed by atoms with E-state index in [1.807, 2.05) is 0 Å². The maximum absolute atomic E-state index is 11.3. The first-order valence-corrected chi connectivity index (χ1v) is 5.14. The number of nitrogens with one attached hydrogen (secondary N) is 1. The Labute approximate surface area is 80.7 Å². The third-order valence-electron chi connectivity index (χ3n) is 1.79. The van der Waals surface area contributed by atoms with E-state index in [0.29, 0.717) is 0 Å². The van der Waals surface area contributed by atoms with E-state index in [0.717, 1.165) is 18.6 Å². The molecule has 1 amide bonds. The second-order valence-electron chi connectivity index (χ2n) is 2.81. The molecule has 1 aliphatic rings. The maximum atomic E-state index is 11.3. The molecule has 1 aliphatic heterocycles. The lowest BCUT2D eigenvalue weighted by Gasteiger charge is -2.08. The van der Waals surface area contributed by atoms with Crippen LogP contribution in [0.2, 0.25) is 0 Å². The molecule has 0 saturated carbocycles. The number of nitrogens with zero attached hydrogens (tertiary/aromatic N) is 1. The quantitative estimate of drug-likeness (QED) is 0.255. The van der Waals surface area contributed by atoms with Crippen molar-refractivity contribution in [2.75, 3.05) is 12.3 Å². The summed E-state index contributed by atoms with van der Waals surface area (Å²) < 4.78 is 0. The number of nitrogens with two attached hydrogens (primary N) is 1. The summed E-state index contributed by atoms with van der Waals surface area (Å²) in [4.78, 5) is 11.3. The van der Waals surface area contributed by atoms with Gasteiger partial charge in [-0.15, -0.1) is 11.8 Å². The van der Waals surface area contributed by atoms with Crippen molar-refractivity contribution >= 4 is 23.5 Å². The summed E-state index contributed by atoms with van der Waals surface area (Å²) in [5.74, 6) is 1.05. The van der Waals surface area contributed by atoms with Gasteiger partial charge in [-0.1, -0.05) is 5.16 Å². The van der Waals surface area contributed by atoms with Gasteiger partial charge < -0.3 is 16.3 Å². The molecule has 13 heavy (non-hydrogen) atoms. The van der Waals surface area contributed by atoms with E-state index in [1.54, 1.807) is 11.8 Å². The highest BCUT2D eigenvalue weighted by Crippen LogP contribution is 2.25. The van der Waals surface area contributed by atoms with Gasteiger partial charge in [0.05, 0.1) is 11.8 Å². The molecule has 0 aromatic rings. The van der Waals surface area contributed by atoms with Crippen molar-refractivity contribution < 1.29 is 10.0 Å². The van der Waals surface area contributed by atoms with Gasteiger partial charge in [0.25, 0.3) is 0 Å². The van der Waals surface area contributed by atoms with Crippen LogP contribution in [0.4, 0.5) is 0 Å². The summed E-state index contributed by atoms with van der Waals surface area (Å²) in [5, 5.41) is 13.6. The Morgan fingerprint density at radius 3 is 3.08 bits per heavy atom. The second kappa shape index (κ2) is 4.96. The summed E-state index contributed by atoms with van der Waals surface area (Å²) in [5.41, 5.74) is 5.20. The van der Waals surface area contributed by atoms with E-state index in [2.05, 4.69) is 10.5 Å². The van der Waals surface area contributed by atoms with Gasteiger partial charge in [-0.3, -0.25) is 4.79 Å². The number of carbonyl (C=O) groups excluding carboxylic acids is 1. The second-order valence-corrected chi connectivity index (χ2v) is 4.12. The number of hydrogen-bond donors (Lipinski definition) is 3. The summed E-state index contributed by atoms with van der Waals surface area (Å²) >= 11 is 1.65. The molecule has 0 spiro atoms. The summed E-state index contributed by atoms with van der Waals surface area (Å²) in [7, 11) is 0. The van der Waals surface area contributed by atoms with Crippen LogP contribution >= 0.6 is 11.8 Å².